The first kappa shape index (κ1) is 14.0. The highest BCUT2D eigenvalue weighted by Gasteiger charge is 2.14. The van der Waals surface area contributed by atoms with E-state index in [1.54, 1.807) is 19.4 Å². The van der Waals surface area contributed by atoms with E-state index in [9.17, 15) is 4.79 Å². The van der Waals surface area contributed by atoms with Gasteiger partial charge >= 0.3 is 0 Å². The molecule has 1 aromatic carbocycles. The van der Waals surface area contributed by atoms with Crippen LogP contribution in [0.4, 0.5) is 0 Å². The van der Waals surface area contributed by atoms with Crippen LogP contribution in [-0.4, -0.2) is 18.0 Å². The summed E-state index contributed by atoms with van der Waals surface area (Å²) in [7, 11) is 1.55. The molecule has 1 amide bonds. The van der Waals surface area contributed by atoms with E-state index < -0.39 is 6.04 Å². The van der Waals surface area contributed by atoms with Gasteiger partial charge < -0.3 is 15.8 Å². The quantitative estimate of drug-likeness (QED) is 0.862. The maximum absolute atomic E-state index is 12.0. The Morgan fingerprint density at radius 2 is 2.10 bits per heavy atom. The van der Waals surface area contributed by atoms with Crippen LogP contribution in [-0.2, 0) is 11.3 Å². The first-order valence-corrected chi connectivity index (χ1v) is 6.28. The molecule has 1 aromatic heterocycles. The van der Waals surface area contributed by atoms with Gasteiger partial charge in [0.1, 0.15) is 6.04 Å². The van der Waals surface area contributed by atoms with Crippen LogP contribution in [0.25, 0.3) is 0 Å². The molecule has 0 bridgehead atoms. The Morgan fingerprint density at radius 1 is 1.35 bits per heavy atom. The van der Waals surface area contributed by atoms with E-state index in [1.165, 1.54) is 0 Å². The van der Waals surface area contributed by atoms with Gasteiger partial charge in [0.25, 0.3) is 0 Å². The summed E-state index contributed by atoms with van der Waals surface area (Å²) in [6.07, 6.45) is 1.64. The summed E-state index contributed by atoms with van der Waals surface area (Å²) in [5, 5.41) is 2.80. The van der Waals surface area contributed by atoms with Crippen LogP contribution >= 0.6 is 0 Å². The van der Waals surface area contributed by atoms with Crippen LogP contribution in [0, 0.1) is 0 Å². The molecule has 0 radical (unpaired) electrons. The van der Waals surface area contributed by atoms with Crippen molar-refractivity contribution >= 4 is 5.91 Å². The summed E-state index contributed by atoms with van der Waals surface area (Å²) in [5.74, 6) is 0.302. The molecule has 3 N–H and O–H groups in total. The summed E-state index contributed by atoms with van der Waals surface area (Å²) in [6, 6.07) is 12.2. The van der Waals surface area contributed by atoms with Gasteiger partial charge in [-0.2, -0.15) is 0 Å². The van der Waals surface area contributed by atoms with Gasteiger partial charge in [0, 0.05) is 18.8 Å². The highest BCUT2D eigenvalue weighted by atomic mass is 16.5. The Morgan fingerprint density at radius 3 is 2.80 bits per heavy atom. The lowest BCUT2D eigenvalue weighted by Gasteiger charge is -2.12. The van der Waals surface area contributed by atoms with Gasteiger partial charge in [-0.15, -0.1) is 0 Å². The van der Waals surface area contributed by atoms with Crippen LogP contribution in [0.5, 0.6) is 5.88 Å². The summed E-state index contributed by atoms with van der Waals surface area (Å²) >= 11 is 0. The minimum absolute atomic E-state index is 0.216. The van der Waals surface area contributed by atoms with E-state index >= 15 is 0 Å². The monoisotopic (exact) mass is 271 g/mol. The van der Waals surface area contributed by atoms with Crippen molar-refractivity contribution in [3.05, 3.63) is 59.8 Å². The number of carbonyl (C=O) groups is 1. The third-order valence-corrected chi connectivity index (χ3v) is 2.92. The first-order chi connectivity index (χ1) is 9.70. The van der Waals surface area contributed by atoms with Crippen molar-refractivity contribution < 1.29 is 9.53 Å². The summed E-state index contributed by atoms with van der Waals surface area (Å²) in [4.78, 5) is 16.0. The van der Waals surface area contributed by atoms with Crippen LogP contribution in [0.1, 0.15) is 17.2 Å². The molecule has 0 saturated heterocycles. The highest BCUT2D eigenvalue weighted by molar-refractivity contribution is 5.82. The number of carbonyl (C=O) groups excluding carboxylic acids is 1. The Bertz CT molecular complexity index is 572. The largest absolute Gasteiger partial charge is 0.481 e. The van der Waals surface area contributed by atoms with Crippen LogP contribution < -0.4 is 15.8 Å². The number of ether oxygens (including phenoxy) is 1. The van der Waals surface area contributed by atoms with Gasteiger partial charge in [-0.05, 0) is 17.2 Å². The Hall–Kier alpha value is -2.40. The Kier molecular flexibility index (Phi) is 4.68. The van der Waals surface area contributed by atoms with Gasteiger partial charge in [0.15, 0.2) is 0 Å². The van der Waals surface area contributed by atoms with E-state index in [-0.39, 0.29) is 5.91 Å². The fourth-order valence-corrected chi connectivity index (χ4v) is 1.78. The highest BCUT2D eigenvalue weighted by Crippen LogP contribution is 2.11. The topological polar surface area (TPSA) is 77.2 Å². The predicted octanol–water partition coefficient (Wildman–Crippen LogP) is 1.41. The second kappa shape index (κ2) is 6.68. The fraction of sp³-hybridized carbons (Fsp3) is 0.200. The number of rotatable bonds is 5. The zero-order chi connectivity index (χ0) is 14.4. The molecule has 0 aliphatic heterocycles. The Labute approximate surface area is 117 Å². The molecule has 0 saturated carbocycles. The number of nitrogens with two attached hydrogens (primary N) is 1. The summed E-state index contributed by atoms with van der Waals surface area (Å²) < 4.78 is 5.03. The van der Waals surface area contributed by atoms with Crippen molar-refractivity contribution in [3.8, 4) is 5.88 Å². The van der Waals surface area contributed by atoms with Crippen LogP contribution in [0.2, 0.25) is 0 Å². The predicted molar refractivity (Wildman–Crippen MR) is 76.0 cm³/mol. The van der Waals surface area contributed by atoms with Gasteiger partial charge in [-0.3, -0.25) is 4.79 Å². The molecular weight excluding hydrogens is 254 g/mol. The average Bonchev–Trinajstić information content (AvgIpc) is 2.53. The molecule has 0 unspecified atom stereocenters. The van der Waals surface area contributed by atoms with E-state index in [0.29, 0.717) is 12.4 Å². The molecular formula is C15H17N3O2. The van der Waals surface area contributed by atoms with E-state index in [2.05, 4.69) is 10.3 Å². The smallest absolute Gasteiger partial charge is 0.241 e. The maximum atomic E-state index is 12.0. The number of hydrogen-bond donors (Lipinski definition) is 2. The molecule has 0 aliphatic carbocycles. The molecule has 0 fully saturated rings. The van der Waals surface area contributed by atoms with Gasteiger partial charge in [0.2, 0.25) is 11.8 Å². The number of aromatic nitrogens is 1. The maximum Gasteiger partial charge on any atom is 0.241 e. The number of nitrogens with zero attached hydrogens (tertiary/aromatic N) is 1. The lowest BCUT2D eigenvalue weighted by atomic mass is 10.1. The number of amides is 1. The van der Waals surface area contributed by atoms with E-state index in [1.807, 2.05) is 36.4 Å². The van der Waals surface area contributed by atoms with Crippen LogP contribution in [0.3, 0.4) is 0 Å². The zero-order valence-electron chi connectivity index (χ0n) is 11.2. The number of nitrogens with one attached hydrogen (secondary N) is 1. The third-order valence-electron chi connectivity index (χ3n) is 2.92. The number of pyridine rings is 1. The zero-order valence-corrected chi connectivity index (χ0v) is 11.2. The normalized spacial score (nSPS) is 11.7. The van der Waals surface area contributed by atoms with Gasteiger partial charge in [-0.25, -0.2) is 4.98 Å². The van der Waals surface area contributed by atoms with Crippen molar-refractivity contribution in [2.75, 3.05) is 7.11 Å². The standard InChI is InChI=1S/C15H17N3O2/c1-20-13-9-11(7-8-17-13)10-18-15(19)14(16)12-5-3-2-4-6-12/h2-9,14H,10,16H2,1H3,(H,18,19)/t14-/m0/s1. The molecule has 1 heterocycles. The SMILES string of the molecule is COc1cc(CNC(=O)[C@@H](N)c2ccccc2)ccn1. The third kappa shape index (κ3) is 3.55. The van der Waals surface area contributed by atoms with Crippen molar-refractivity contribution in [2.45, 2.75) is 12.6 Å². The number of hydrogen-bond acceptors (Lipinski definition) is 4. The lowest BCUT2D eigenvalue weighted by Crippen LogP contribution is -2.33. The van der Waals surface area contributed by atoms with E-state index in [0.717, 1.165) is 11.1 Å². The van der Waals surface area contributed by atoms with Crippen molar-refractivity contribution in [3.63, 3.8) is 0 Å². The number of methoxy groups -OCH3 is 1. The second-order valence-electron chi connectivity index (χ2n) is 4.31. The minimum Gasteiger partial charge on any atom is -0.481 e. The number of benzene rings is 1. The molecule has 2 aromatic rings. The van der Waals surface area contributed by atoms with Crippen molar-refractivity contribution in [1.29, 1.82) is 0 Å². The molecule has 0 aliphatic rings. The molecule has 104 valence electrons. The first-order valence-electron chi connectivity index (χ1n) is 6.28. The van der Waals surface area contributed by atoms with Crippen molar-refractivity contribution in [2.24, 2.45) is 5.73 Å². The molecule has 5 nitrogen and oxygen atoms in total. The van der Waals surface area contributed by atoms with Gasteiger partial charge in [0.05, 0.1) is 7.11 Å². The molecule has 2 rings (SSSR count). The Balaban J connectivity index is 1.95. The molecule has 1 atom stereocenters. The summed E-state index contributed by atoms with van der Waals surface area (Å²) in [5.41, 5.74) is 7.61. The second-order valence-corrected chi connectivity index (χ2v) is 4.31. The van der Waals surface area contributed by atoms with Crippen molar-refractivity contribution in [1.82, 2.24) is 10.3 Å². The minimum atomic E-state index is -0.667. The lowest BCUT2D eigenvalue weighted by molar-refractivity contribution is -0.122. The molecule has 0 spiro atoms. The van der Waals surface area contributed by atoms with Gasteiger partial charge in [-0.1, -0.05) is 30.3 Å². The molecule has 20 heavy (non-hydrogen) atoms. The molecule has 5 heteroatoms. The fourth-order valence-electron chi connectivity index (χ4n) is 1.78. The average molecular weight is 271 g/mol. The van der Waals surface area contributed by atoms with E-state index in [4.69, 9.17) is 10.5 Å². The van der Waals surface area contributed by atoms with Crippen LogP contribution in [0.15, 0.2) is 48.7 Å². The summed E-state index contributed by atoms with van der Waals surface area (Å²) in [6.45, 7) is 0.387.